The van der Waals surface area contributed by atoms with Crippen LogP contribution in [0.3, 0.4) is 0 Å². The standard InChI is InChI=1S/C9H22N2O2S/c1-4-7-10-8-5-6-9-14(12,13)11(2)3/h10H,4-9H2,1-3H3. The molecule has 5 heteroatoms. The first-order valence-corrected chi connectivity index (χ1v) is 6.72. The fraction of sp³-hybridized carbons (Fsp3) is 1.00. The molecule has 0 atom stereocenters. The van der Waals surface area contributed by atoms with E-state index in [2.05, 4.69) is 12.2 Å². The Morgan fingerprint density at radius 1 is 1.14 bits per heavy atom. The van der Waals surface area contributed by atoms with Crippen LogP contribution in [0.5, 0.6) is 0 Å². The van der Waals surface area contributed by atoms with Gasteiger partial charge in [0, 0.05) is 14.1 Å². The molecule has 0 aliphatic carbocycles. The molecule has 0 saturated carbocycles. The summed E-state index contributed by atoms with van der Waals surface area (Å²) in [6.45, 7) is 4.04. The molecule has 4 nitrogen and oxygen atoms in total. The molecule has 14 heavy (non-hydrogen) atoms. The summed E-state index contributed by atoms with van der Waals surface area (Å²) in [5.74, 6) is 0.258. The van der Waals surface area contributed by atoms with Gasteiger partial charge < -0.3 is 5.32 Å². The second kappa shape index (κ2) is 7.20. The van der Waals surface area contributed by atoms with Crippen molar-refractivity contribution in [2.24, 2.45) is 0 Å². The highest BCUT2D eigenvalue weighted by molar-refractivity contribution is 7.89. The van der Waals surface area contributed by atoms with Crippen molar-refractivity contribution in [1.29, 1.82) is 0 Å². The minimum absolute atomic E-state index is 0.258. The first-order valence-electron chi connectivity index (χ1n) is 5.11. The summed E-state index contributed by atoms with van der Waals surface area (Å²) in [7, 11) is 0.163. The SMILES string of the molecule is CCCNCCCCS(=O)(=O)N(C)C. The lowest BCUT2D eigenvalue weighted by molar-refractivity contribution is 0.516. The summed E-state index contributed by atoms with van der Waals surface area (Å²) in [4.78, 5) is 0. The topological polar surface area (TPSA) is 49.4 Å². The van der Waals surface area contributed by atoms with Gasteiger partial charge in [-0.05, 0) is 32.4 Å². The van der Waals surface area contributed by atoms with E-state index >= 15 is 0 Å². The molecule has 0 aliphatic heterocycles. The molecule has 0 rings (SSSR count). The Bertz CT molecular complexity index is 225. The van der Waals surface area contributed by atoms with Gasteiger partial charge in [-0.1, -0.05) is 6.92 Å². The molecule has 0 amide bonds. The highest BCUT2D eigenvalue weighted by Gasteiger charge is 2.11. The molecule has 0 aromatic heterocycles. The Hall–Kier alpha value is -0.130. The lowest BCUT2D eigenvalue weighted by atomic mass is 10.3. The summed E-state index contributed by atoms with van der Waals surface area (Å²) in [6.07, 6.45) is 2.78. The van der Waals surface area contributed by atoms with Crippen LogP contribution in [0, 0.1) is 0 Å². The Labute approximate surface area is 87.7 Å². The quantitative estimate of drug-likeness (QED) is 0.614. The van der Waals surface area contributed by atoms with Gasteiger partial charge in [-0.15, -0.1) is 0 Å². The molecule has 86 valence electrons. The van der Waals surface area contributed by atoms with Gasteiger partial charge in [0.15, 0.2) is 0 Å². The number of hydrogen-bond acceptors (Lipinski definition) is 3. The van der Waals surface area contributed by atoms with Crippen LogP contribution in [0.15, 0.2) is 0 Å². The van der Waals surface area contributed by atoms with Crippen LogP contribution in [0.2, 0.25) is 0 Å². The molecule has 0 heterocycles. The van der Waals surface area contributed by atoms with Crippen molar-refractivity contribution in [1.82, 2.24) is 9.62 Å². The molecule has 1 N–H and O–H groups in total. The van der Waals surface area contributed by atoms with Crippen LogP contribution in [0.25, 0.3) is 0 Å². The first kappa shape index (κ1) is 13.9. The highest BCUT2D eigenvalue weighted by atomic mass is 32.2. The number of sulfonamides is 1. The summed E-state index contributed by atoms with van der Waals surface area (Å²) in [5.41, 5.74) is 0. The van der Waals surface area contributed by atoms with Gasteiger partial charge in [-0.2, -0.15) is 0 Å². The first-order chi connectivity index (χ1) is 6.50. The third kappa shape index (κ3) is 6.34. The monoisotopic (exact) mass is 222 g/mol. The van der Waals surface area contributed by atoms with Crippen LogP contribution in [-0.4, -0.2) is 45.7 Å². The number of nitrogens with zero attached hydrogens (tertiary/aromatic N) is 1. The lowest BCUT2D eigenvalue weighted by Crippen LogP contribution is -2.25. The maximum atomic E-state index is 11.3. The molecule has 0 radical (unpaired) electrons. The molecule has 0 unspecified atom stereocenters. The van der Waals surface area contributed by atoms with Gasteiger partial charge in [-0.3, -0.25) is 0 Å². The van der Waals surface area contributed by atoms with E-state index in [1.807, 2.05) is 0 Å². The third-order valence-corrected chi connectivity index (χ3v) is 3.91. The van der Waals surface area contributed by atoms with E-state index in [1.165, 1.54) is 4.31 Å². The van der Waals surface area contributed by atoms with Crippen molar-refractivity contribution >= 4 is 10.0 Å². The van der Waals surface area contributed by atoms with Crippen molar-refractivity contribution in [3.63, 3.8) is 0 Å². The van der Waals surface area contributed by atoms with E-state index in [4.69, 9.17) is 0 Å². The van der Waals surface area contributed by atoms with Gasteiger partial charge in [-0.25, -0.2) is 12.7 Å². The van der Waals surface area contributed by atoms with Gasteiger partial charge in [0.1, 0.15) is 0 Å². The van der Waals surface area contributed by atoms with Crippen LogP contribution < -0.4 is 5.32 Å². The fourth-order valence-electron chi connectivity index (χ4n) is 1.02. The van der Waals surface area contributed by atoms with Crippen LogP contribution in [0.1, 0.15) is 26.2 Å². The second-order valence-electron chi connectivity index (χ2n) is 3.56. The van der Waals surface area contributed by atoms with E-state index in [0.29, 0.717) is 0 Å². The van der Waals surface area contributed by atoms with E-state index in [1.54, 1.807) is 14.1 Å². The van der Waals surface area contributed by atoms with Crippen LogP contribution in [-0.2, 0) is 10.0 Å². The largest absolute Gasteiger partial charge is 0.317 e. The molecule has 0 fully saturated rings. The number of hydrogen-bond donors (Lipinski definition) is 1. The lowest BCUT2D eigenvalue weighted by Gasteiger charge is -2.10. The molecule has 0 aliphatic rings. The fourth-order valence-corrected chi connectivity index (χ4v) is 1.95. The molecule has 0 bridgehead atoms. The van der Waals surface area contributed by atoms with Crippen molar-refractivity contribution < 1.29 is 8.42 Å². The molecular formula is C9H22N2O2S. The van der Waals surface area contributed by atoms with Crippen LogP contribution in [0.4, 0.5) is 0 Å². The summed E-state index contributed by atoms with van der Waals surface area (Å²) in [6, 6.07) is 0. The number of nitrogens with one attached hydrogen (secondary N) is 1. The Kier molecular flexibility index (Phi) is 7.13. The zero-order valence-corrected chi connectivity index (χ0v) is 10.2. The zero-order valence-electron chi connectivity index (χ0n) is 9.41. The van der Waals surface area contributed by atoms with Gasteiger partial charge in [0.05, 0.1) is 5.75 Å². The predicted octanol–water partition coefficient (Wildman–Crippen LogP) is 0.658. The van der Waals surface area contributed by atoms with Gasteiger partial charge in [0.25, 0.3) is 0 Å². The van der Waals surface area contributed by atoms with E-state index < -0.39 is 10.0 Å². The summed E-state index contributed by atoms with van der Waals surface area (Å²) < 4.78 is 23.9. The number of unbranched alkanes of at least 4 members (excludes halogenated alkanes) is 1. The Balaban J connectivity index is 3.46. The minimum atomic E-state index is -2.99. The van der Waals surface area contributed by atoms with Crippen molar-refractivity contribution in [2.75, 3.05) is 32.9 Å². The molecule has 0 saturated heterocycles. The van der Waals surface area contributed by atoms with Crippen LogP contribution >= 0.6 is 0 Å². The van der Waals surface area contributed by atoms with E-state index in [9.17, 15) is 8.42 Å². The highest BCUT2D eigenvalue weighted by Crippen LogP contribution is 1.99. The minimum Gasteiger partial charge on any atom is -0.317 e. The molecule has 0 spiro atoms. The Morgan fingerprint density at radius 2 is 1.79 bits per heavy atom. The van der Waals surface area contributed by atoms with Crippen molar-refractivity contribution in [3.8, 4) is 0 Å². The van der Waals surface area contributed by atoms with E-state index in [0.717, 1.165) is 32.4 Å². The second-order valence-corrected chi connectivity index (χ2v) is 5.86. The smallest absolute Gasteiger partial charge is 0.213 e. The normalized spacial score (nSPS) is 12.3. The van der Waals surface area contributed by atoms with Crippen molar-refractivity contribution in [2.45, 2.75) is 26.2 Å². The maximum absolute atomic E-state index is 11.3. The number of rotatable bonds is 8. The molecule has 0 aromatic carbocycles. The summed E-state index contributed by atoms with van der Waals surface area (Å²) >= 11 is 0. The van der Waals surface area contributed by atoms with Gasteiger partial charge >= 0.3 is 0 Å². The molecule has 0 aromatic rings. The average molecular weight is 222 g/mol. The van der Waals surface area contributed by atoms with Crippen molar-refractivity contribution in [3.05, 3.63) is 0 Å². The predicted molar refractivity (Wildman–Crippen MR) is 59.9 cm³/mol. The Morgan fingerprint density at radius 3 is 2.29 bits per heavy atom. The third-order valence-electron chi connectivity index (χ3n) is 1.99. The van der Waals surface area contributed by atoms with E-state index in [-0.39, 0.29) is 5.75 Å². The summed E-state index contributed by atoms with van der Waals surface area (Å²) in [5, 5.41) is 3.24. The zero-order chi connectivity index (χ0) is 11.0. The average Bonchev–Trinajstić information content (AvgIpc) is 2.10. The molecular weight excluding hydrogens is 200 g/mol. The maximum Gasteiger partial charge on any atom is 0.213 e. The van der Waals surface area contributed by atoms with Gasteiger partial charge in [0.2, 0.25) is 10.0 Å².